The quantitative estimate of drug-likeness (QED) is 0.890. The molecule has 0 atom stereocenters. The highest BCUT2D eigenvalue weighted by molar-refractivity contribution is 5.89. The summed E-state index contributed by atoms with van der Waals surface area (Å²) in [6, 6.07) is 1.33. The molecule has 1 aromatic rings. The zero-order valence-electron chi connectivity index (χ0n) is 10.5. The molecule has 0 bridgehead atoms. The Hall–Kier alpha value is -1.99. The smallest absolute Gasteiger partial charge is 0.471 e. The summed E-state index contributed by atoms with van der Waals surface area (Å²) >= 11 is 0. The van der Waals surface area contributed by atoms with Crippen molar-refractivity contribution < 1.29 is 27.9 Å². The van der Waals surface area contributed by atoms with Gasteiger partial charge in [-0.3, -0.25) is 4.79 Å². The van der Waals surface area contributed by atoms with E-state index in [2.05, 4.69) is 0 Å². The summed E-state index contributed by atoms with van der Waals surface area (Å²) in [7, 11) is 0. The van der Waals surface area contributed by atoms with Crippen molar-refractivity contribution in [3.63, 3.8) is 0 Å². The number of alkyl halides is 3. The first-order chi connectivity index (χ1) is 9.30. The fourth-order valence-electron chi connectivity index (χ4n) is 2.36. The highest BCUT2D eigenvalue weighted by atomic mass is 19.4. The molecule has 2 N–H and O–H groups in total. The van der Waals surface area contributed by atoms with Crippen LogP contribution in [-0.2, 0) is 24.3 Å². The van der Waals surface area contributed by atoms with Gasteiger partial charge in [-0.2, -0.15) is 13.2 Å². The molecule has 0 unspecified atom stereocenters. The number of carboxylic acid groups (broad SMARTS) is 1. The standard InChI is InChI=1S/C12H13F3N2O3/c13-12(14,15)11(20)16-6-7-5-8(10(18)19)9-3-1-2-4-17(7)9/h5H,1-4,6H2,(H,16,20)(H,18,19). The van der Waals surface area contributed by atoms with Crippen LogP contribution in [0.25, 0.3) is 0 Å². The maximum atomic E-state index is 12.1. The Morgan fingerprint density at radius 3 is 2.65 bits per heavy atom. The Morgan fingerprint density at radius 2 is 2.05 bits per heavy atom. The van der Waals surface area contributed by atoms with Crippen molar-refractivity contribution >= 4 is 11.9 Å². The van der Waals surface area contributed by atoms with Crippen molar-refractivity contribution in [1.29, 1.82) is 0 Å². The molecule has 0 saturated carbocycles. The van der Waals surface area contributed by atoms with Crippen LogP contribution in [0.1, 0.15) is 34.6 Å². The molecular formula is C12H13F3N2O3. The van der Waals surface area contributed by atoms with Crippen molar-refractivity contribution in [2.75, 3.05) is 0 Å². The minimum atomic E-state index is -4.94. The van der Waals surface area contributed by atoms with Crippen molar-refractivity contribution in [3.05, 3.63) is 23.0 Å². The first-order valence-corrected chi connectivity index (χ1v) is 6.10. The summed E-state index contributed by atoms with van der Waals surface area (Å²) in [5.74, 6) is -3.13. The van der Waals surface area contributed by atoms with E-state index >= 15 is 0 Å². The van der Waals surface area contributed by atoms with Gasteiger partial charge in [-0.1, -0.05) is 0 Å². The van der Waals surface area contributed by atoms with E-state index in [1.165, 1.54) is 6.07 Å². The monoisotopic (exact) mass is 290 g/mol. The number of rotatable bonds is 3. The van der Waals surface area contributed by atoms with Gasteiger partial charge in [0, 0.05) is 17.9 Å². The number of aromatic carboxylic acids is 1. The van der Waals surface area contributed by atoms with Crippen molar-refractivity contribution in [1.82, 2.24) is 9.88 Å². The van der Waals surface area contributed by atoms with Crippen LogP contribution in [0.15, 0.2) is 6.07 Å². The minimum Gasteiger partial charge on any atom is -0.478 e. The average molecular weight is 290 g/mol. The van der Waals surface area contributed by atoms with Gasteiger partial charge < -0.3 is 15.0 Å². The molecular weight excluding hydrogens is 277 g/mol. The topological polar surface area (TPSA) is 71.3 Å². The van der Waals surface area contributed by atoms with E-state index in [0.717, 1.165) is 12.8 Å². The van der Waals surface area contributed by atoms with E-state index in [-0.39, 0.29) is 12.1 Å². The molecule has 5 nitrogen and oxygen atoms in total. The van der Waals surface area contributed by atoms with Crippen LogP contribution < -0.4 is 5.32 Å². The van der Waals surface area contributed by atoms with Crippen molar-refractivity contribution in [2.45, 2.75) is 38.5 Å². The molecule has 20 heavy (non-hydrogen) atoms. The molecule has 1 aliphatic heterocycles. The number of fused-ring (bicyclic) bond motifs is 1. The van der Waals surface area contributed by atoms with Gasteiger partial charge in [0.25, 0.3) is 0 Å². The molecule has 0 aliphatic carbocycles. The van der Waals surface area contributed by atoms with Gasteiger partial charge in [-0.05, 0) is 25.3 Å². The molecule has 0 spiro atoms. The molecule has 0 aromatic carbocycles. The van der Waals surface area contributed by atoms with Crippen molar-refractivity contribution in [2.24, 2.45) is 0 Å². The fourth-order valence-corrected chi connectivity index (χ4v) is 2.36. The maximum Gasteiger partial charge on any atom is 0.471 e. The summed E-state index contributed by atoms with van der Waals surface area (Å²) in [6.45, 7) is 0.221. The average Bonchev–Trinajstić information content (AvgIpc) is 2.74. The highest BCUT2D eigenvalue weighted by Crippen LogP contribution is 2.24. The number of nitrogens with one attached hydrogen (secondary N) is 1. The third-order valence-corrected chi connectivity index (χ3v) is 3.26. The van der Waals surface area contributed by atoms with E-state index < -0.39 is 18.1 Å². The summed E-state index contributed by atoms with van der Waals surface area (Å²) in [5, 5.41) is 10.8. The lowest BCUT2D eigenvalue weighted by molar-refractivity contribution is -0.173. The normalized spacial score (nSPS) is 14.8. The second-order valence-corrected chi connectivity index (χ2v) is 4.59. The number of halogens is 3. The zero-order chi connectivity index (χ0) is 14.9. The number of carbonyl (C=O) groups excluding carboxylic acids is 1. The summed E-state index contributed by atoms with van der Waals surface area (Å²) in [6.07, 6.45) is -2.68. The number of nitrogens with zero attached hydrogens (tertiary/aromatic N) is 1. The van der Waals surface area contributed by atoms with Gasteiger partial charge in [-0.15, -0.1) is 0 Å². The Balaban J connectivity index is 2.20. The molecule has 110 valence electrons. The molecule has 2 rings (SSSR count). The van der Waals surface area contributed by atoms with Gasteiger partial charge >= 0.3 is 18.1 Å². The maximum absolute atomic E-state index is 12.1. The van der Waals surface area contributed by atoms with Crippen LogP contribution >= 0.6 is 0 Å². The van der Waals surface area contributed by atoms with Gasteiger partial charge in [-0.25, -0.2) is 4.79 Å². The van der Waals surface area contributed by atoms with Gasteiger partial charge in [0.15, 0.2) is 0 Å². The van der Waals surface area contributed by atoms with Crippen LogP contribution in [0.2, 0.25) is 0 Å². The number of hydrogen-bond acceptors (Lipinski definition) is 2. The lowest BCUT2D eigenvalue weighted by Gasteiger charge is -2.18. The first-order valence-electron chi connectivity index (χ1n) is 6.10. The number of aromatic nitrogens is 1. The predicted octanol–water partition coefficient (Wildman–Crippen LogP) is 1.70. The molecule has 8 heteroatoms. The minimum absolute atomic E-state index is 0.0981. The van der Waals surface area contributed by atoms with E-state index in [0.29, 0.717) is 24.4 Å². The summed E-state index contributed by atoms with van der Waals surface area (Å²) in [5.41, 5.74) is 1.09. The molecule has 1 aliphatic rings. The van der Waals surface area contributed by atoms with Crippen molar-refractivity contribution in [3.8, 4) is 0 Å². The number of amides is 1. The van der Waals surface area contributed by atoms with E-state index in [1.54, 1.807) is 9.88 Å². The predicted molar refractivity (Wildman–Crippen MR) is 62.2 cm³/mol. The first kappa shape index (κ1) is 14.4. The number of carbonyl (C=O) groups is 2. The van der Waals surface area contributed by atoms with E-state index in [9.17, 15) is 22.8 Å². The molecule has 1 aromatic heterocycles. The van der Waals surface area contributed by atoms with Crippen LogP contribution in [0.3, 0.4) is 0 Å². The number of hydrogen-bond donors (Lipinski definition) is 2. The zero-order valence-corrected chi connectivity index (χ0v) is 10.5. The third kappa shape index (κ3) is 2.78. The SMILES string of the molecule is O=C(O)c1cc(CNC(=O)C(F)(F)F)n2c1CCCC2. The molecule has 2 heterocycles. The van der Waals surface area contributed by atoms with Crippen LogP contribution in [0, 0.1) is 0 Å². The Morgan fingerprint density at radius 1 is 1.35 bits per heavy atom. The summed E-state index contributed by atoms with van der Waals surface area (Å²) in [4.78, 5) is 21.9. The highest BCUT2D eigenvalue weighted by Gasteiger charge is 2.38. The van der Waals surface area contributed by atoms with Crippen LogP contribution in [0.4, 0.5) is 13.2 Å². The number of carboxylic acids is 1. The Labute approximate surface area is 112 Å². The van der Waals surface area contributed by atoms with Crippen LogP contribution in [0.5, 0.6) is 0 Å². The lowest BCUT2D eigenvalue weighted by Crippen LogP contribution is -2.36. The fraction of sp³-hybridized carbons (Fsp3) is 0.500. The lowest BCUT2D eigenvalue weighted by atomic mass is 10.1. The van der Waals surface area contributed by atoms with Gasteiger partial charge in [0.05, 0.1) is 12.1 Å². The van der Waals surface area contributed by atoms with Crippen LogP contribution in [-0.4, -0.2) is 27.7 Å². The molecule has 0 saturated heterocycles. The van der Waals surface area contributed by atoms with Gasteiger partial charge in [0.1, 0.15) is 0 Å². The Kier molecular flexibility index (Phi) is 3.74. The largest absolute Gasteiger partial charge is 0.478 e. The molecule has 0 radical (unpaired) electrons. The molecule has 0 fully saturated rings. The van der Waals surface area contributed by atoms with E-state index in [1.807, 2.05) is 0 Å². The van der Waals surface area contributed by atoms with Gasteiger partial charge in [0.2, 0.25) is 0 Å². The Bertz CT molecular complexity index is 549. The second kappa shape index (κ2) is 5.18. The van der Waals surface area contributed by atoms with E-state index in [4.69, 9.17) is 5.11 Å². The summed E-state index contributed by atoms with van der Waals surface area (Å²) < 4.78 is 38.0. The second-order valence-electron chi connectivity index (χ2n) is 4.59. The molecule has 1 amide bonds. The third-order valence-electron chi connectivity index (χ3n) is 3.26.